The molecule has 0 unspecified atom stereocenters. The monoisotopic (exact) mass is 167 g/mol. The van der Waals surface area contributed by atoms with E-state index in [2.05, 4.69) is 42.1 Å². The van der Waals surface area contributed by atoms with Gasteiger partial charge in [0.25, 0.3) is 0 Å². The van der Waals surface area contributed by atoms with Crippen LogP contribution in [-0.4, -0.2) is 49.2 Å². The van der Waals surface area contributed by atoms with Crippen LogP contribution in [0.25, 0.3) is 0 Å². The Morgan fingerprint density at radius 2 is 2.17 bits per heavy atom. The van der Waals surface area contributed by atoms with Crippen molar-refractivity contribution in [2.45, 2.75) is 13.0 Å². The van der Waals surface area contributed by atoms with Gasteiger partial charge in [-0.1, -0.05) is 6.58 Å². The van der Waals surface area contributed by atoms with E-state index in [0.29, 0.717) is 6.04 Å². The Morgan fingerprint density at radius 3 is 2.67 bits per heavy atom. The minimum atomic E-state index is 0.502. The van der Waals surface area contributed by atoms with Crippen LogP contribution in [0.15, 0.2) is 17.4 Å². The van der Waals surface area contributed by atoms with Gasteiger partial charge in [0.05, 0.1) is 0 Å². The van der Waals surface area contributed by atoms with Crippen molar-refractivity contribution in [3.8, 4) is 0 Å². The van der Waals surface area contributed by atoms with E-state index in [9.17, 15) is 0 Å². The molecule has 12 heavy (non-hydrogen) atoms. The molecular formula is C9H17N3. The summed E-state index contributed by atoms with van der Waals surface area (Å²) in [6, 6.07) is 0.502. The predicted octanol–water partition coefficient (Wildman–Crippen LogP) is 0.794. The second-order valence-corrected chi connectivity index (χ2v) is 3.38. The molecule has 1 aliphatic heterocycles. The largest absolute Gasteiger partial charge is 0.352 e. The Kier molecular flexibility index (Phi) is 2.87. The van der Waals surface area contributed by atoms with E-state index in [1.54, 1.807) is 0 Å². The lowest BCUT2D eigenvalue weighted by molar-refractivity contribution is 0.131. The molecule has 0 saturated carbocycles. The Balaban J connectivity index is 2.55. The van der Waals surface area contributed by atoms with Crippen molar-refractivity contribution in [1.29, 1.82) is 0 Å². The fourth-order valence-corrected chi connectivity index (χ4v) is 1.61. The minimum Gasteiger partial charge on any atom is -0.352 e. The molecule has 1 heterocycles. The van der Waals surface area contributed by atoms with Gasteiger partial charge in [0.1, 0.15) is 5.82 Å². The smallest absolute Gasteiger partial charge is 0.120 e. The van der Waals surface area contributed by atoms with Crippen molar-refractivity contribution in [2.75, 3.05) is 26.7 Å². The third kappa shape index (κ3) is 1.85. The zero-order chi connectivity index (χ0) is 9.14. The van der Waals surface area contributed by atoms with Crippen LogP contribution in [0.5, 0.6) is 0 Å². The Labute approximate surface area is 74.4 Å². The highest BCUT2D eigenvalue weighted by molar-refractivity contribution is 5.27. The van der Waals surface area contributed by atoms with Crippen LogP contribution in [0.3, 0.4) is 0 Å². The van der Waals surface area contributed by atoms with Gasteiger partial charge in [0.15, 0.2) is 0 Å². The normalized spacial score (nSPS) is 25.5. The van der Waals surface area contributed by atoms with E-state index < -0.39 is 0 Å². The Morgan fingerprint density at radius 1 is 1.50 bits per heavy atom. The molecular weight excluding hydrogens is 150 g/mol. The van der Waals surface area contributed by atoms with Crippen molar-refractivity contribution < 1.29 is 0 Å². The third-order valence-electron chi connectivity index (χ3n) is 2.34. The molecule has 1 fully saturated rings. The summed E-state index contributed by atoms with van der Waals surface area (Å²) in [5.74, 6) is 0.801. The average Bonchev–Trinajstić information content (AvgIpc) is 2.03. The second-order valence-electron chi connectivity index (χ2n) is 3.38. The van der Waals surface area contributed by atoms with Gasteiger partial charge in [0.2, 0.25) is 0 Å². The van der Waals surface area contributed by atoms with Crippen LogP contribution < -0.4 is 0 Å². The topological polar surface area (TPSA) is 18.8 Å². The average molecular weight is 167 g/mol. The van der Waals surface area contributed by atoms with Crippen molar-refractivity contribution in [3.63, 3.8) is 0 Å². The van der Waals surface area contributed by atoms with Gasteiger partial charge < -0.3 is 9.80 Å². The maximum absolute atomic E-state index is 3.85. The zero-order valence-corrected chi connectivity index (χ0v) is 7.95. The quantitative estimate of drug-likeness (QED) is 0.566. The maximum atomic E-state index is 3.85. The molecule has 1 atom stereocenters. The summed E-state index contributed by atoms with van der Waals surface area (Å²) >= 11 is 0. The van der Waals surface area contributed by atoms with Gasteiger partial charge in [-0.15, -0.1) is 0 Å². The van der Waals surface area contributed by atoms with Crippen LogP contribution in [0, 0.1) is 0 Å². The highest BCUT2D eigenvalue weighted by Gasteiger charge is 2.21. The van der Waals surface area contributed by atoms with Gasteiger partial charge in [-0.3, -0.25) is 0 Å². The number of hydrogen-bond acceptors (Lipinski definition) is 3. The summed E-state index contributed by atoms with van der Waals surface area (Å²) in [7, 11) is 2.14. The summed E-state index contributed by atoms with van der Waals surface area (Å²) in [4.78, 5) is 8.37. The van der Waals surface area contributed by atoms with E-state index >= 15 is 0 Å². The number of nitrogens with zero attached hydrogens (tertiary/aromatic N) is 3. The molecule has 3 heteroatoms. The summed E-state index contributed by atoms with van der Waals surface area (Å²) in [6.07, 6.45) is 0. The SMILES string of the molecule is C=NC(=C)N1CCN(C)C[C@@H]1C. The van der Waals surface area contributed by atoms with Crippen LogP contribution >= 0.6 is 0 Å². The molecule has 0 spiro atoms. The van der Waals surface area contributed by atoms with Crippen molar-refractivity contribution in [2.24, 2.45) is 4.99 Å². The number of piperazine rings is 1. The first-order valence-electron chi connectivity index (χ1n) is 4.26. The molecule has 0 N–H and O–H groups in total. The Hall–Kier alpha value is -0.830. The first-order valence-corrected chi connectivity index (χ1v) is 4.26. The van der Waals surface area contributed by atoms with Crippen molar-refractivity contribution in [3.05, 3.63) is 12.4 Å². The lowest BCUT2D eigenvalue weighted by Crippen LogP contribution is -2.49. The molecule has 68 valence electrons. The van der Waals surface area contributed by atoms with Gasteiger partial charge in [-0.2, -0.15) is 0 Å². The minimum absolute atomic E-state index is 0.502. The molecule has 0 amide bonds. The predicted molar refractivity (Wildman–Crippen MR) is 52.4 cm³/mol. The van der Waals surface area contributed by atoms with Gasteiger partial charge in [0, 0.05) is 25.7 Å². The molecule has 0 aliphatic carbocycles. The summed E-state index contributed by atoms with van der Waals surface area (Å²) in [6.45, 7) is 12.7. The van der Waals surface area contributed by atoms with Crippen molar-refractivity contribution in [1.82, 2.24) is 9.80 Å². The molecule has 1 rings (SSSR count). The van der Waals surface area contributed by atoms with E-state index in [1.165, 1.54) is 0 Å². The van der Waals surface area contributed by atoms with Gasteiger partial charge >= 0.3 is 0 Å². The lowest BCUT2D eigenvalue weighted by Gasteiger charge is -2.39. The second kappa shape index (κ2) is 3.72. The summed E-state index contributed by atoms with van der Waals surface area (Å²) in [5, 5.41) is 0. The highest BCUT2D eigenvalue weighted by atomic mass is 15.3. The molecule has 0 aromatic carbocycles. The molecule has 0 bridgehead atoms. The van der Waals surface area contributed by atoms with E-state index in [4.69, 9.17) is 0 Å². The van der Waals surface area contributed by atoms with E-state index in [1.807, 2.05) is 0 Å². The summed E-state index contributed by atoms with van der Waals surface area (Å²) in [5.41, 5.74) is 0. The molecule has 0 radical (unpaired) electrons. The van der Waals surface area contributed by atoms with Crippen LogP contribution in [0.4, 0.5) is 0 Å². The maximum Gasteiger partial charge on any atom is 0.120 e. The van der Waals surface area contributed by atoms with Gasteiger partial charge in [-0.25, -0.2) is 4.99 Å². The van der Waals surface area contributed by atoms with Crippen LogP contribution in [0.1, 0.15) is 6.92 Å². The fourth-order valence-electron chi connectivity index (χ4n) is 1.61. The molecule has 0 aromatic heterocycles. The number of rotatable bonds is 2. The third-order valence-corrected chi connectivity index (χ3v) is 2.34. The molecule has 1 saturated heterocycles. The fraction of sp³-hybridized carbons (Fsp3) is 0.667. The molecule has 3 nitrogen and oxygen atoms in total. The standard InChI is InChI=1S/C9H17N3/c1-8-7-11(4)5-6-12(8)9(2)10-3/h8H,2-3,5-7H2,1,4H3/t8-/m0/s1. The van der Waals surface area contributed by atoms with Gasteiger partial charge in [-0.05, 0) is 20.7 Å². The van der Waals surface area contributed by atoms with Crippen molar-refractivity contribution >= 4 is 6.72 Å². The first kappa shape index (κ1) is 9.26. The highest BCUT2D eigenvalue weighted by Crippen LogP contribution is 2.13. The number of hydrogen-bond donors (Lipinski definition) is 0. The number of likely N-dealkylation sites (N-methyl/N-ethyl adjacent to an activating group) is 1. The zero-order valence-electron chi connectivity index (χ0n) is 7.95. The molecule has 1 aliphatic rings. The van der Waals surface area contributed by atoms with E-state index in [0.717, 1.165) is 25.5 Å². The van der Waals surface area contributed by atoms with Crippen LogP contribution in [-0.2, 0) is 0 Å². The number of aliphatic imine (C=N–C) groups is 1. The summed E-state index contributed by atoms with van der Waals surface area (Å²) < 4.78 is 0. The Bertz CT molecular complexity index is 188. The first-order chi connectivity index (χ1) is 5.65. The lowest BCUT2D eigenvalue weighted by atomic mass is 10.2. The van der Waals surface area contributed by atoms with E-state index in [-0.39, 0.29) is 0 Å². The molecule has 0 aromatic rings. The van der Waals surface area contributed by atoms with Crippen LogP contribution in [0.2, 0.25) is 0 Å².